The van der Waals surface area contributed by atoms with Gasteiger partial charge in [0.1, 0.15) is 5.69 Å². The molecule has 0 saturated carbocycles. The molecule has 1 aromatic carbocycles. The molecule has 0 fully saturated rings. The summed E-state index contributed by atoms with van der Waals surface area (Å²) in [5.74, 6) is 0. The molecule has 2 rings (SSSR count). The number of aromatic nitrogens is 3. The van der Waals surface area contributed by atoms with Gasteiger partial charge in [0.25, 0.3) is 5.56 Å². The van der Waals surface area contributed by atoms with Crippen molar-refractivity contribution in [2.45, 2.75) is 13.8 Å². The molecule has 0 aliphatic heterocycles. The highest BCUT2D eigenvalue weighted by Crippen LogP contribution is 2.03. The maximum absolute atomic E-state index is 11.8. The van der Waals surface area contributed by atoms with E-state index < -0.39 is 0 Å². The van der Waals surface area contributed by atoms with Gasteiger partial charge in [-0.3, -0.25) is 9.89 Å². The zero-order chi connectivity index (χ0) is 13.1. The summed E-state index contributed by atoms with van der Waals surface area (Å²) >= 11 is 4.98. The largest absolute Gasteiger partial charge is 0.296 e. The first-order valence-electron chi connectivity index (χ1n) is 5.38. The van der Waals surface area contributed by atoms with E-state index in [1.54, 1.807) is 13.1 Å². The van der Waals surface area contributed by atoms with Gasteiger partial charge < -0.3 is 0 Å². The second-order valence-corrected chi connectivity index (χ2v) is 4.22. The molecule has 0 aliphatic carbocycles. The lowest BCUT2D eigenvalue weighted by Gasteiger charge is -2.00. The fraction of sp³-hybridized carbons (Fsp3) is 0.167. The van der Waals surface area contributed by atoms with Crippen molar-refractivity contribution in [2.24, 2.45) is 5.10 Å². The summed E-state index contributed by atoms with van der Waals surface area (Å²) in [5, 5.41) is 10.4. The van der Waals surface area contributed by atoms with Crippen LogP contribution in [0.5, 0.6) is 0 Å². The summed E-state index contributed by atoms with van der Waals surface area (Å²) in [7, 11) is 0. The van der Waals surface area contributed by atoms with Gasteiger partial charge in [0.2, 0.25) is 4.77 Å². The molecule has 92 valence electrons. The molecule has 2 aromatic rings. The minimum Gasteiger partial charge on any atom is -0.265 e. The molecule has 5 nitrogen and oxygen atoms in total. The fourth-order valence-corrected chi connectivity index (χ4v) is 1.60. The highest BCUT2D eigenvalue weighted by molar-refractivity contribution is 7.71. The first-order chi connectivity index (χ1) is 8.59. The summed E-state index contributed by atoms with van der Waals surface area (Å²) in [6.45, 7) is 3.58. The van der Waals surface area contributed by atoms with Gasteiger partial charge in [0.15, 0.2) is 0 Å². The van der Waals surface area contributed by atoms with E-state index in [1.165, 1.54) is 0 Å². The van der Waals surface area contributed by atoms with Crippen LogP contribution in [-0.4, -0.2) is 21.1 Å². The maximum Gasteiger partial charge on any atom is 0.296 e. The fourth-order valence-electron chi connectivity index (χ4n) is 1.43. The van der Waals surface area contributed by atoms with Crippen molar-refractivity contribution in [2.75, 3.05) is 0 Å². The second kappa shape index (κ2) is 5.05. The Bertz CT molecular complexity index is 715. The number of rotatable bonds is 2. The molecule has 18 heavy (non-hydrogen) atoms. The van der Waals surface area contributed by atoms with Crippen LogP contribution in [-0.2, 0) is 0 Å². The molecular weight excluding hydrogens is 248 g/mol. The Morgan fingerprint density at radius 3 is 2.83 bits per heavy atom. The Balaban J connectivity index is 2.48. The van der Waals surface area contributed by atoms with Gasteiger partial charge in [-0.25, -0.2) is 0 Å². The summed E-state index contributed by atoms with van der Waals surface area (Å²) < 4.78 is 1.31. The summed E-state index contributed by atoms with van der Waals surface area (Å²) in [6, 6.07) is 7.75. The van der Waals surface area contributed by atoms with Crippen LogP contribution in [0.3, 0.4) is 0 Å². The number of benzene rings is 1. The van der Waals surface area contributed by atoms with E-state index in [0.717, 1.165) is 15.8 Å². The van der Waals surface area contributed by atoms with Crippen molar-refractivity contribution in [1.82, 2.24) is 14.9 Å². The molecule has 1 heterocycles. The first-order valence-corrected chi connectivity index (χ1v) is 5.79. The van der Waals surface area contributed by atoms with Crippen molar-refractivity contribution < 1.29 is 0 Å². The zero-order valence-corrected chi connectivity index (χ0v) is 10.9. The van der Waals surface area contributed by atoms with Crippen LogP contribution in [0.2, 0.25) is 0 Å². The number of aryl methyl sites for hydroxylation is 2. The molecular formula is C12H12N4OS. The van der Waals surface area contributed by atoms with Gasteiger partial charge in [0, 0.05) is 0 Å². The van der Waals surface area contributed by atoms with Crippen LogP contribution in [0.25, 0.3) is 0 Å². The molecule has 0 aliphatic rings. The van der Waals surface area contributed by atoms with Gasteiger partial charge in [-0.15, -0.1) is 0 Å². The Morgan fingerprint density at radius 2 is 2.11 bits per heavy atom. The Kier molecular flexibility index (Phi) is 3.47. The number of nitrogens with one attached hydrogen (secondary N) is 1. The smallest absolute Gasteiger partial charge is 0.265 e. The summed E-state index contributed by atoms with van der Waals surface area (Å²) in [5.41, 5.74) is 2.03. The van der Waals surface area contributed by atoms with Crippen LogP contribution in [0.15, 0.2) is 34.2 Å². The lowest BCUT2D eigenvalue weighted by molar-refractivity contribution is 0.720. The zero-order valence-electron chi connectivity index (χ0n) is 10.0. The molecule has 0 spiro atoms. The highest BCUT2D eigenvalue weighted by atomic mass is 32.1. The number of hydrogen-bond donors (Lipinski definition) is 1. The van der Waals surface area contributed by atoms with Crippen LogP contribution < -0.4 is 5.56 Å². The molecule has 0 radical (unpaired) electrons. The van der Waals surface area contributed by atoms with Crippen LogP contribution in [0.1, 0.15) is 16.8 Å². The van der Waals surface area contributed by atoms with Crippen LogP contribution in [0.4, 0.5) is 0 Å². The molecule has 0 bridgehead atoms. The minimum atomic E-state index is -0.316. The lowest BCUT2D eigenvalue weighted by atomic mass is 10.1. The predicted octanol–water partition coefficient (Wildman–Crippen LogP) is 1.80. The van der Waals surface area contributed by atoms with Gasteiger partial charge in [-0.05, 0) is 37.2 Å². The first kappa shape index (κ1) is 12.4. The average Bonchev–Trinajstić information content (AvgIpc) is 2.36. The minimum absolute atomic E-state index is 0.176. The Hall–Kier alpha value is -2.08. The predicted molar refractivity (Wildman–Crippen MR) is 72.6 cm³/mol. The number of nitrogens with zero attached hydrogens (tertiary/aromatic N) is 3. The number of H-pyrrole nitrogens is 1. The number of hydrogen-bond acceptors (Lipinski definition) is 4. The van der Waals surface area contributed by atoms with Gasteiger partial charge >= 0.3 is 0 Å². The average molecular weight is 260 g/mol. The van der Waals surface area contributed by atoms with E-state index in [1.807, 2.05) is 31.2 Å². The molecule has 1 aromatic heterocycles. The van der Waals surface area contributed by atoms with Crippen LogP contribution in [0, 0.1) is 18.6 Å². The third-order valence-corrected chi connectivity index (χ3v) is 2.78. The normalized spacial score (nSPS) is 11.0. The van der Waals surface area contributed by atoms with Crippen molar-refractivity contribution in [3.63, 3.8) is 0 Å². The Labute approximate surface area is 109 Å². The quantitative estimate of drug-likeness (QED) is 0.661. The third kappa shape index (κ3) is 2.43. The third-order valence-electron chi connectivity index (χ3n) is 2.51. The van der Waals surface area contributed by atoms with E-state index in [0.29, 0.717) is 5.69 Å². The topological polar surface area (TPSA) is 63.0 Å². The molecule has 0 atom stereocenters. The molecule has 0 unspecified atom stereocenters. The van der Waals surface area contributed by atoms with E-state index in [2.05, 4.69) is 15.3 Å². The van der Waals surface area contributed by atoms with E-state index in [4.69, 9.17) is 12.2 Å². The van der Waals surface area contributed by atoms with Gasteiger partial charge in [0.05, 0.1) is 6.21 Å². The summed E-state index contributed by atoms with van der Waals surface area (Å²) in [6.07, 6.45) is 1.61. The molecule has 0 amide bonds. The Morgan fingerprint density at radius 1 is 1.39 bits per heavy atom. The number of aromatic amines is 1. The lowest BCUT2D eigenvalue weighted by Crippen LogP contribution is -2.22. The van der Waals surface area contributed by atoms with E-state index >= 15 is 0 Å². The van der Waals surface area contributed by atoms with Gasteiger partial charge in [-0.1, -0.05) is 24.3 Å². The van der Waals surface area contributed by atoms with Crippen LogP contribution >= 0.6 is 12.2 Å². The van der Waals surface area contributed by atoms with Crippen molar-refractivity contribution in [1.29, 1.82) is 0 Å². The molecule has 6 heteroatoms. The van der Waals surface area contributed by atoms with Crippen molar-refractivity contribution in [3.05, 3.63) is 56.2 Å². The maximum atomic E-state index is 11.8. The SMILES string of the molecule is Cc1ccccc1/C=N\n1c(=S)[nH]nc(C)c1=O. The standard InChI is InChI=1S/C12H12N4OS/c1-8-5-3-4-6-10(8)7-13-16-11(17)9(2)14-15-12(16)18/h3-7H,1-2H3,(H,15,18)/b13-7-. The molecule has 1 N–H and O–H groups in total. The van der Waals surface area contributed by atoms with E-state index in [-0.39, 0.29) is 10.3 Å². The monoisotopic (exact) mass is 260 g/mol. The second-order valence-electron chi connectivity index (χ2n) is 3.83. The van der Waals surface area contributed by atoms with Crippen molar-refractivity contribution >= 4 is 18.4 Å². The van der Waals surface area contributed by atoms with E-state index in [9.17, 15) is 4.79 Å². The highest BCUT2D eigenvalue weighted by Gasteiger charge is 2.01. The van der Waals surface area contributed by atoms with Crippen molar-refractivity contribution in [3.8, 4) is 0 Å². The summed E-state index contributed by atoms with van der Waals surface area (Å²) in [4.78, 5) is 11.8. The van der Waals surface area contributed by atoms with Gasteiger partial charge in [-0.2, -0.15) is 14.9 Å². The molecule has 0 saturated heterocycles.